The Kier molecular flexibility index (Phi) is 4.15. The van der Waals surface area contributed by atoms with Crippen molar-refractivity contribution in [2.24, 2.45) is 0 Å². The molecule has 17 heavy (non-hydrogen) atoms. The molecule has 1 N–H and O–H groups in total. The number of rotatable bonds is 3. The van der Waals surface area contributed by atoms with Gasteiger partial charge in [-0.3, -0.25) is 0 Å². The summed E-state index contributed by atoms with van der Waals surface area (Å²) in [5.41, 5.74) is 0.815. The Labute approximate surface area is 112 Å². The summed E-state index contributed by atoms with van der Waals surface area (Å²) in [6.07, 6.45) is 2.91. The highest BCUT2D eigenvalue weighted by Gasteiger charge is 2.11. The third-order valence-electron chi connectivity index (χ3n) is 2.17. The second kappa shape index (κ2) is 5.62. The van der Waals surface area contributed by atoms with Crippen molar-refractivity contribution in [3.63, 3.8) is 0 Å². The van der Waals surface area contributed by atoms with Crippen molar-refractivity contribution in [2.45, 2.75) is 23.1 Å². The molecule has 0 aliphatic carbocycles. The first-order valence-corrected chi connectivity index (χ1v) is 6.71. The van der Waals surface area contributed by atoms with Gasteiger partial charge >= 0.3 is 0 Å². The third-order valence-corrected chi connectivity index (χ3v) is 4.12. The van der Waals surface area contributed by atoms with E-state index in [-0.39, 0.29) is 0 Å². The monoisotopic (exact) mass is 310 g/mol. The van der Waals surface area contributed by atoms with E-state index in [0.717, 1.165) is 20.1 Å². The maximum atomic E-state index is 9.67. The van der Waals surface area contributed by atoms with Crippen molar-refractivity contribution >= 4 is 27.7 Å². The molecule has 0 saturated heterocycles. The van der Waals surface area contributed by atoms with E-state index < -0.39 is 6.10 Å². The Morgan fingerprint density at radius 2 is 1.82 bits per heavy atom. The summed E-state index contributed by atoms with van der Waals surface area (Å²) in [6.45, 7) is 1.73. The summed E-state index contributed by atoms with van der Waals surface area (Å²) in [5.74, 6) is 0. The summed E-state index contributed by atoms with van der Waals surface area (Å²) in [5, 5.41) is 11.3. The van der Waals surface area contributed by atoms with Crippen molar-refractivity contribution in [2.75, 3.05) is 0 Å². The van der Waals surface area contributed by atoms with Crippen molar-refractivity contribution in [1.29, 1.82) is 0 Å². The van der Waals surface area contributed by atoms with Crippen LogP contribution in [0.15, 0.2) is 51.2 Å². The lowest BCUT2D eigenvalue weighted by atomic mass is 10.2. The largest absolute Gasteiger partial charge is 0.389 e. The second-order valence-electron chi connectivity index (χ2n) is 3.47. The van der Waals surface area contributed by atoms with Crippen molar-refractivity contribution in [3.8, 4) is 0 Å². The van der Waals surface area contributed by atoms with Crippen LogP contribution >= 0.6 is 27.7 Å². The maximum absolute atomic E-state index is 9.67. The van der Waals surface area contributed by atoms with E-state index in [1.54, 1.807) is 19.3 Å². The number of hydrogen-bond donors (Lipinski definition) is 1. The Balaban J connectivity index is 2.34. The molecule has 2 heterocycles. The molecule has 88 valence electrons. The van der Waals surface area contributed by atoms with E-state index in [0.29, 0.717) is 0 Å². The van der Waals surface area contributed by atoms with Gasteiger partial charge in [0, 0.05) is 18.0 Å². The zero-order chi connectivity index (χ0) is 12.3. The summed E-state index contributed by atoms with van der Waals surface area (Å²) >= 11 is 4.88. The normalized spacial score (nSPS) is 12.4. The van der Waals surface area contributed by atoms with Crippen molar-refractivity contribution < 1.29 is 5.11 Å². The minimum absolute atomic E-state index is 0.534. The van der Waals surface area contributed by atoms with Crippen LogP contribution in [0.4, 0.5) is 0 Å². The average molecular weight is 311 g/mol. The van der Waals surface area contributed by atoms with E-state index in [1.807, 2.05) is 24.3 Å². The van der Waals surface area contributed by atoms with Crippen LogP contribution in [0.5, 0.6) is 0 Å². The topological polar surface area (TPSA) is 46.0 Å². The van der Waals surface area contributed by atoms with Gasteiger partial charge in [0.05, 0.1) is 10.6 Å². The molecule has 3 nitrogen and oxygen atoms in total. The summed E-state index contributed by atoms with van der Waals surface area (Å²) in [4.78, 5) is 8.55. The van der Waals surface area contributed by atoms with Crippen molar-refractivity contribution in [1.82, 2.24) is 9.97 Å². The van der Waals surface area contributed by atoms with Crippen LogP contribution in [0.25, 0.3) is 0 Å². The molecule has 2 aromatic heterocycles. The molecule has 0 aliphatic rings. The first-order chi connectivity index (χ1) is 8.18. The smallest absolute Gasteiger partial charge is 0.116 e. The lowest BCUT2D eigenvalue weighted by Crippen LogP contribution is -1.96. The zero-order valence-corrected chi connectivity index (χ0v) is 11.6. The minimum Gasteiger partial charge on any atom is -0.389 e. The maximum Gasteiger partial charge on any atom is 0.116 e. The van der Waals surface area contributed by atoms with Crippen LogP contribution in [-0.2, 0) is 0 Å². The molecule has 0 fully saturated rings. The van der Waals surface area contributed by atoms with Gasteiger partial charge in [0.2, 0.25) is 0 Å². The molecule has 1 atom stereocenters. The van der Waals surface area contributed by atoms with E-state index in [1.165, 1.54) is 11.8 Å². The first kappa shape index (κ1) is 12.5. The summed E-state index contributed by atoms with van der Waals surface area (Å²) in [7, 11) is 0. The molecule has 0 aliphatic heterocycles. The number of aromatic nitrogens is 2. The quantitative estimate of drug-likeness (QED) is 0.943. The van der Waals surface area contributed by atoms with Gasteiger partial charge in [0.25, 0.3) is 0 Å². The molecule has 2 aromatic rings. The zero-order valence-electron chi connectivity index (χ0n) is 9.17. The number of aliphatic hydroxyl groups excluding tert-OH is 1. The van der Waals surface area contributed by atoms with E-state index >= 15 is 0 Å². The molecule has 2 rings (SSSR count). The highest BCUT2D eigenvalue weighted by atomic mass is 79.9. The van der Waals surface area contributed by atoms with Gasteiger partial charge in [0.1, 0.15) is 10.1 Å². The Hall–Kier alpha value is -0.910. The molecular formula is C12H11BrN2OS. The van der Waals surface area contributed by atoms with Crippen LogP contribution < -0.4 is 0 Å². The lowest BCUT2D eigenvalue weighted by Gasteiger charge is -2.10. The molecule has 0 saturated carbocycles. The minimum atomic E-state index is -0.534. The van der Waals surface area contributed by atoms with Crippen LogP contribution in [0.1, 0.15) is 18.6 Å². The van der Waals surface area contributed by atoms with E-state index in [2.05, 4.69) is 25.9 Å². The Bertz CT molecular complexity index is 519. The molecule has 5 heteroatoms. The second-order valence-corrected chi connectivity index (χ2v) is 5.30. The average Bonchev–Trinajstić information content (AvgIpc) is 2.32. The standard InChI is InChI=1S/C12H11BrN2OS/c1-8(16)9-4-2-6-14-11(9)17-12-10(13)5-3-7-15-12/h2-8,16H,1H3. The Morgan fingerprint density at radius 1 is 1.18 bits per heavy atom. The highest BCUT2D eigenvalue weighted by Crippen LogP contribution is 2.33. The molecule has 0 spiro atoms. The number of pyridine rings is 2. The summed E-state index contributed by atoms with van der Waals surface area (Å²) in [6, 6.07) is 7.49. The van der Waals surface area contributed by atoms with Gasteiger partial charge in [-0.05, 0) is 52.8 Å². The van der Waals surface area contributed by atoms with Crippen LogP contribution in [-0.4, -0.2) is 15.1 Å². The fraction of sp³-hybridized carbons (Fsp3) is 0.167. The van der Waals surface area contributed by atoms with Gasteiger partial charge in [-0.2, -0.15) is 0 Å². The summed E-state index contributed by atoms with van der Waals surface area (Å²) < 4.78 is 0.923. The first-order valence-electron chi connectivity index (χ1n) is 5.10. The predicted octanol–water partition coefficient (Wildman–Crippen LogP) is 3.44. The molecule has 0 bridgehead atoms. The Morgan fingerprint density at radius 3 is 2.47 bits per heavy atom. The van der Waals surface area contributed by atoms with Crippen molar-refractivity contribution in [3.05, 3.63) is 46.7 Å². The highest BCUT2D eigenvalue weighted by molar-refractivity contribution is 9.10. The third kappa shape index (κ3) is 3.06. The van der Waals surface area contributed by atoms with Gasteiger partial charge in [-0.15, -0.1) is 0 Å². The van der Waals surface area contributed by atoms with Gasteiger partial charge in [0.15, 0.2) is 0 Å². The van der Waals surface area contributed by atoms with Gasteiger partial charge in [-0.1, -0.05) is 6.07 Å². The molecule has 0 radical (unpaired) electrons. The van der Waals surface area contributed by atoms with Gasteiger partial charge in [-0.25, -0.2) is 9.97 Å². The predicted molar refractivity (Wildman–Crippen MR) is 70.9 cm³/mol. The molecular weight excluding hydrogens is 300 g/mol. The number of halogens is 1. The fourth-order valence-electron chi connectivity index (χ4n) is 1.34. The number of hydrogen-bond acceptors (Lipinski definition) is 4. The van der Waals surface area contributed by atoms with Crippen LogP contribution in [0.3, 0.4) is 0 Å². The molecule has 1 unspecified atom stereocenters. The molecule has 0 aromatic carbocycles. The SMILES string of the molecule is CC(O)c1cccnc1Sc1ncccc1Br. The number of aliphatic hydroxyl groups is 1. The van der Waals surface area contributed by atoms with Gasteiger partial charge < -0.3 is 5.11 Å². The molecule has 0 amide bonds. The van der Waals surface area contributed by atoms with E-state index in [9.17, 15) is 5.11 Å². The van der Waals surface area contributed by atoms with E-state index in [4.69, 9.17) is 0 Å². The number of nitrogens with zero attached hydrogens (tertiary/aromatic N) is 2. The van der Waals surface area contributed by atoms with Crippen LogP contribution in [0.2, 0.25) is 0 Å². The lowest BCUT2D eigenvalue weighted by molar-refractivity contribution is 0.195. The van der Waals surface area contributed by atoms with Crippen LogP contribution in [0, 0.1) is 0 Å². The fourth-order valence-corrected chi connectivity index (χ4v) is 2.77.